The molecule has 1 heterocycles. The molecule has 2 rings (SSSR count). The van der Waals surface area contributed by atoms with E-state index in [0.29, 0.717) is 5.46 Å². The van der Waals surface area contributed by atoms with Crippen molar-refractivity contribution in [3.63, 3.8) is 0 Å². The molecule has 0 amide bonds. The average molecular weight is 252 g/mol. The molecule has 1 aliphatic heterocycles. The van der Waals surface area contributed by atoms with Crippen molar-refractivity contribution in [3.8, 4) is 0 Å². The van der Waals surface area contributed by atoms with Crippen LogP contribution in [-0.4, -0.2) is 29.9 Å². The molecule has 1 saturated heterocycles. The minimum Gasteiger partial charge on any atom is -0.478 e. The lowest BCUT2D eigenvalue weighted by Gasteiger charge is -2.21. The van der Waals surface area contributed by atoms with Gasteiger partial charge in [-0.3, -0.25) is 0 Å². The van der Waals surface area contributed by atoms with E-state index in [2.05, 4.69) is 0 Å². The SMILES string of the molecule is CC1OB(c2ccc(C(=O)O)c(F)c2)OC1(C)C. The van der Waals surface area contributed by atoms with E-state index in [4.69, 9.17) is 14.4 Å². The molecule has 1 atom stereocenters. The smallest absolute Gasteiger partial charge is 0.478 e. The highest BCUT2D eigenvalue weighted by Crippen LogP contribution is 2.26. The summed E-state index contributed by atoms with van der Waals surface area (Å²) in [5, 5.41) is 8.74. The Bertz CT molecular complexity index is 489. The zero-order valence-electron chi connectivity index (χ0n) is 10.4. The Kier molecular flexibility index (Phi) is 3.17. The fraction of sp³-hybridized carbons (Fsp3) is 0.417. The third-order valence-electron chi connectivity index (χ3n) is 3.21. The summed E-state index contributed by atoms with van der Waals surface area (Å²) in [6.07, 6.45) is -0.121. The molecular weight excluding hydrogens is 238 g/mol. The number of carboxylic acids is 1. The molecule has 18 heavy (non-hydrogen) atoms. The zero-order valence-corrected chi connectivity index (χ0v) is 10.4. The molecule has 1 aliphatic rings. The van der Waals surface area contributed by atoms with Crippen LogP contribution in [0.5, 0.6) is 0 Å². The van der Waals surface area contributed by atoms with E-state index in [1.165, 1.54) is 12.1 Å². The molecule has 6 heteroatoms. The topological polar surface area (TPSA) is 55.8 Å². The van der Waals surface area contributed by atoms with Gasteiger partial charge in [-0.05, 0) is 38.4 Å². The van der Waals surface area contributed by atoms with E-state index < -0.39 is 24.5 Å². The standard InChI is InChI=1S/C12H14BFO4/c1-7-12(2,3)18-13(17-7)8-4-5-9(11(15)16)10(14)6-8/h4-7H,1-3H3,(H,15,16). The second kappa shape index (κ2) is 4.37. The summed E-state index contributed by atoms with van der Waals surface area (Å²) in [6.45, 7) is 5.65. The quantitative estimate of drug-likeness (QED) is 0.809. The van der Waals surface area contributed by atoms with E-state index in [-0.39, 0.29) is 11.7 Å². The van der Waals surface area contributed by atoms with Gasteiger partial charge < -0.3 is 14.4 Å². The van der Waals surface area contributed by atoms with Gasteiger partial charge >= 0.3 is 13.1 Å². The predicted octanol–water partition coefficient (Wildman–Crippen LogP) is 1.43. The lowest BCUT2D eigenvalue weighted by Crippen LogP contribution is -2.35. The monoisotopic (exact) mass is 252 g/mol. The maximum Gasteiger partial charge on any atom is 0.494 e. The van der Waals surface area contributed by atoms with Crippen LogP contribution in [-0.2, 0) is 9.31 Å². The van der Waals surface area contributed by atoms with Crippen LogP contribution >= 0.6 is 0 Å². The Morgan fingerprint density at radius 1 is 1.50 bits per heavy atom. The van der Waals surface area contributed by atoms with Crippen LogP contribution < -0.4 is 5.46 Å². The van der Waals surface area contributed by atoms with Crippen LogP contribution in [0.15, 0.2) is 18.2 Å². The number of benzene rings is 1. The van der Waals surface area contributed by atoms with Gasteiger partial charge in [-0.1, -0.05) is 6.07 Å². The first-order valence-electron chi connectivity index (χ1n) is 5.67. The maximum absolute atomic E-state index is 13.6. The molecular formula is C12H14BFO4. The molecule has 0 saturated carbocycles. The van der Waals surface area contributed by atoms with Crippen molar-refractivity contribution in [3.05, 3.63) is 29.6 Å². The number of halogens is 1. The Morgan fingerprint density at radius 2 is 2.17 bits per heavy atom. The van der Waals surface area contributed by atoms with Gasteiger partial charge in [0.05, 0.1) is 17.3 Å². The fourth-order valence-electron chi connectivity index (χ4n) is 1.75. The maximum atomic E-state index is 13.6. The highest BCUT2D eigenvalue weighted by molar-refractivity contribution is 6.62. The first-order chi connectivity index (χ1) is 8.31. The number of rotatable bonds is 2. The minimum absolute atomic E-state index is 0.121. The van der Waals surface area contributed by atoms with Crippen LogP contribution in [0.1, 0.15) is 31.1 Å². The van der Waals surface area contributed by atoms with Gasteiger partial charge in [0.25, 0.3) is 0 Å². The van der Waals surface area contributed by atoms with Crippen LogP contribution in [0, 0.1) is 5.82 Å². The van der Waals surface area contributed by atoms with E-state index in [1.807, 2.05) is 20.8 Å². The molecule has 1 aromatic rings. The number of hydrogen-bond acceptors (Lipinski definition) is 3. The third kappa shape index (κ3) is 2.26. The second-order valence-electron chi connectivity index (χ2n) is 4.88. The number of aromatic carboxylic acids is 1. The normalized spacial score (nSPS) is 22.2. The summed E-state index contributed by atoms with van der Waals surface area (Å²) in [5.41, 5.74) is -0.328. The lowest BCUT2D eigenvalue weighted by atomic mass is 9.79. The van der Waals surface area contributed by atoms with Crippen molar-refractivity contribution in [2.24, 2.45) is 0 Å². The molecule has 96 valence electrons. The van der Waals surface area contributed by atoms with Crippen LogP contribution in [0.25, 0.3) is 0 Å². The summed E-state index contributed by atoms with van der Waals surface area (Å²) >= 11 is 0. The Hall–Kier alpha value is -1.40. The summed E-state index contributed by atoms with van der Waals surface area (Å²) in [7, 11) is -0.660. The van der Waals surface area contributed by atoms with Crippen LogP contribution in [0.4, 0.5) is 4.39 Å². The Labute approximate surface area is 105 Å². The third-order valence-corrected chi connectivity index (χ3v) is 3.21. The molecule has 0 radical (unpaired) electrons. The van der Waals surface area contributed by atoms with Gasteiger partial charge in [-0.25, -0.2) is 9.18 Å². The summed E-state index contributed by atoms with van der Waals surface area (Å²) in [5.74, 6) is -2.08. The van der Waals surface area contributed by atoms with Crippen molar-refractivity contribution < 1.29 is 23.6 Å². The molecule has 1 N–H and O–H groups in total. The van der Waals surface area contributed by atoms with Gasteiger partial charge in [-0.15, -0.1) is 0 Å². The van der Waals surface area contributed by atoms with Crippen LogP contribution in [0.2, 0.25) is 0 Å². The van der Waals surface area contributed by atoms with Crippen molar-refractivity contribution in [2.45, 2.75) is 32.5 Å². The Balaban J connectivity index is 2.26. The van der Waals surface area contributed by atoms with Gasteiger partial charge in [0.15, 0.2) is 0 Å². The van der Waals surface area contributed by atoms with Crippen molar-refractivity contribution in [1.82, 2.24) is 0 Å². The number of carbonyl (C=O) groups is 1. The van der Waals surface area contributed by atoms with Crippen molar-refractivity contribution in [1.29, 1.82) is 0 Å². The first-order valence-corrected chi connectivity index (χ1v) is 5.67. The number of hydrogen-bond donors (Lipinski definition) is 1. The zero-order chi connectivity index (χ0) is 13.5. The van der Waals surface area contributed by atoms with Crippen molar-refractivity contribution >= 4 is 18.6 Å². The first kappa shape index (κ1) is 13.0. The molecule has 0 aromatic heterocycles. The molecule has 1 aromatic carbocycles. The molecule has 4 nitrogen and oxygen atoms in total. The van der Waals surface area contributed by atoms with E-state index >= 15 is 0 Å². The predicted molar refractivity (Wildman–Crippen MR) is 64.5 cm³/mol. The highest BCUT2D eigenvalue weighted by atomic mass is 19.1. The van der Waals surface area contributed by atoms with E-state index in [9.17, 15) is 9.18 Å². The van der Waals surface area contributed by atoms with Gasteiger partial charge in [0.2, 0.25) is 0 Å². The van der Waals surface area contributed by atoms with Crippen LogP contribution in [0.3, 0.4) is 0 Å². The van der Waals surface area contributed by atoms with Crippen molar-refractivity contribution in [2.75, 3.05) is 0 Å². The Morgan fingerprint density at radius 3 is 2.61 bits per heavy atom. The summed E-state index contributed by atoms with van der Waals surface area (Å²) < 4.78 is 24.8. The van der Waals surface area contributed by atoms with Gasteiger partial charge in [-0.2, -0.15) is 0 Å². The van der Waals surface area contributed by atoms with Gasteiger partial charge in [0, 0.05) is 0 Å². The van der Waals surface area contributed by atoms with E-state index in [1.54, 1.807) is 0 Å². The number of carboxylic acid groups (broad SMARTS) is 1. The minimum atomic E-state index is -1.29. The molecule has 0 bridgehead atoms. The van der Waals surface area contributed by atoms with Gasteiger partial charge in [0.1, 0.15) is 5.82 Å². The molecule has 1 fully saturated rings. The highest BCUT2D eigenvalue weighted by Gasteiger charge is 2.44. The average Bonchev–Trinajstić information content (AvgIpc) is 2.53. The molecule has 1 unspecified atom stereocenters. The fourth-order valence-corrected chi connectivity index (χ4v) is 1.75. The largest absolute Gasteiger partial charge is 0.494 e. The molecule has 0 aliphatic carbocycles. The van der Waals surface area contributed by atoms with E-state index in [0.717, 1.165) is 6.07 Å². The summed E-state index contributed by atoms with van der Waals surface area (Å²) in [6, 6.07) is 3.86. The molecule has 0 spiro atoms. The second-order valence-corrected chi connectivity index (χ2v) is 4.88. The lowest BCUT2D eigenvalue weighted by molar-refractivity contribution is 0.0692. The summed E-state index contributed by atoms with van der Waals surface area (Å²) in [4.78, 5) is 10.7.